The van der Waals surface area contributed by atoms with E-state index in [1.54, 1.807) is 4.68 Å². The van der Waals surface area contributed by atoms with Crippen molar-refractivity contribution in [3.05, 3.63) is 72.1 Å². The number of nitrogens with zero attached hydrogens (tertiary/aromatic N) is 7. The Labute approximate surface area is 173 Å². The molecular formula is C20H21N9O. The highest BCUT2D eigenvalue weighted by Crippen LogP contribution is 2.12. The van der Waals surface area contributed by atoms with Gasteiger partial charge >= 0.3 is 0 Å². The summed E-state index contributed by atoms with van der Waals surface area (Å²) < 4.78 is 1.76. The van der Waals surface area contributed by atoms with Crippen LogP contribution in [-0.4, -0.2) is 53.7 Å². The molecule has 2 N–H and O–H groups in total. The van der Waals surface area contributed by atoms with Gasteiger partial charge < -0.3 is 10.6 Å². The molecular weight excluding hydrogens is 382 g/mol. The van der Waals surface area contributed by atoms with Gasteiger partial charge in [-0.25, -0.2) is 14.6 Å². The van der Waals surface area contributed by atoms with Gasteiger partial charge in [0, 0.05) is 24.8 Å². The number of aryl methyl sites for hydroxylation is 2. The van der Waals surface area contributed by atoms with Crippen LogP contribution in [0.1, 0.15) is 21.9 Å². The summed E-state index contributed by atoms with van der Waals surface area (Å²) in [6, 6.07) is 13.2. The molecule has 0 aliphatic carbocycles. The third kappa shape index (κ3) is 4.32. The lowest BCUT2D eigenvalue weighted by Crippen LogP contribution is -2.29. The average molecular weight is 403 g/mol. The molecule has 0 saturated heterocycles. The zero-order chi connectivity index (χ0) is 20.9. The summed E-state index contributed by atoms with van der Waals surface area (Å²) >= 11 is 0. The number of anilines is 1. The van der Waals surface area contributed by atoms with E-state index in [4.69, 9.17) is 0 Å². The van der Waals surface area contributed by atoms with E-state index in [-0.39, 0.29) is 11.6 Å². The van der Waals surface area contributed by atoms with E-state index in [1.807, 2.05) is 56.3 Å². The van der Waals surface area contributed by atoms with Gasteiger partial charge in [0.2, 0.25) is 0 Å². The average Bonchev–Trinajstić information content (AvgIpc) is 3.38. The third-order valence-electron chi connectivity index (χ3n) is 4.31. The van der Waals surface area contributed by atoms with Gasteiger partial charge in [0.05, 0.1) is 17.6 Å². The van der Waals surface area contributed by atoms with Crippen molar-refractivity contribution in [3.63, 3.8) is 0 Å². The zero-order valence-electron chi connectivity index (χ0n) is 16.6. The Morgan fingerprint density at radius 3 is 2.63 bits per heavy atom. The molecule has 0 saturated carbocycles. The van der Waals surface area contributed by atoms with Crippen molar-refractivity contribution in [2.24, 2.45) is 0 Å². The van der Waals surface area contributed by atoms with Crippen molar-refractivity contribution >= 4 is 11.7 Å². The van der Waals surface area contributed by atoms with Gasteiger partial charge in [-0.15, -0.1) is 5.10 Å². The second-order valence-corrected chi connectivity index (χ2v) is 6.64. The summed E-state index contributed by atoms with van der Waals surface area (Å²) in [5.74, 6) is 1.04. The molecule has 0 fully saturated rings. The third-order valence-corrected chi connectivity index (χ3v) is 4.31. The molecule has 0 bridgehead atoms. The maximum Gasteiger partial charge on any atom is 0.273 e. The normalized spacial score (nSPS) is 10.7. The van der Waals surface area contributed by atoms with Crippen molar-refractivity contribution in [1.82, 2.24) is 40.1 Å². The molecule has 0 aliphatic rings. The van der Waals surface area contributed by atoms with Crippen LogP contribution in [0.4, 0.5) is 5.82 Å². The van der Waals surface area contributed by atoms with Crippen molar-refractivity contribution in [2.45, 2.75) is 13.8 Å². The van der Waals surface area contributed by atoms with Gasteiger partial charge in [-0.3, -0.25) is 4.79 Å². The van der Waals surface area contributed by atoms with Gasteiger partial charge in [0.25, 0.3) is 5.91 Å². The Hall–Kier alpha value is -4.08. The SMILES string of the molecule is Cc1cc(C)n(-c2cc(NCCNC(=O)c3cnn(-c4ccccc4)n3)ncn2)n1. The quantitative estimate of drug-likeness (QED) is 0.451. The number of hydrogen-bond donors (Lipinski definition) is 2. The molecule has 0 radical (unpaired) electrons. The highest BCUT2D eigenvalue weighted by molar-refractivity contribution is 5.91. The van der Waals surface area contributed by atoms with Crippen LogP contribution in [0, 0.1) is 13.8 Å². The summed E-state index contributed by atoms with van der Waals surface area (Å²) in [4.78, 5) is 22.2. The number of carbonyl (C=O) groups is 1. The summed E-state index contributed by atoms with van der Waals surface area (Å²) in [7, 11) is 0. The number of benzene rings is 1. The lowest BCUT2D eigenvalue weighted by atomic mass is 10.3. The first-order chi connectivity index (χ1) is 14.6. The molecule has 152 valence electrons. The van der Waals surface area contributed by atoms with E-state index in [1.165, 1.54) is 17.3 Å². The zero-order valence-corrected chi connectivity index (χ0v) is 16.6. The number of nitrogens with one attached hydrogen (secondary N) is 2. The first kappa shape index (κ1) is 19.2. The molecule has 10 heteroatoms. The van der Waals surface area contributed by atoms with Gasteiger partial charge in [-0.1, -0.05) is 18.2 Å². The fourth-order valence-electron chi connectivity index (χ4n) is 2.93. The maximum atomic E-state index is 12.3. The summed E-state index contributed by atoms with van der Waals surface area (Å²) in [5.41, 5.74) is 2.97. The van der Waals surface area contributed by atoms with E-state index in [9.17, 15) is 4.79 Å². The molecule has 3 heterocycles. The Kier molecular flexibility index (Phi) is 5.46. The minimum atomic E-state index is -0.287. The Morgan fingerprint density at radius 1 is 1.03 bits per heavy atom. The van der Waals surface area contributed by atoms with Crippen molar-refractivity contribution in [2.75, 3.05) is 18.4 Å². The first-order valence-electron chi connectivity index (χ1n) is 9.46. The van der Waals surface area contributed by atoms with Gasteiger partial charge in [-0.2, -0.15) is 15.0 Å². The van der Waals surface area contributed by atoms with E-state index in [2.05, 4.69) is 35.9 Å². The lowest BCUT2D eigenvalue weighted by molar-refractivity contribution is 0.0949. The van der Waals surface area contributed by atoms with Crippen LogP contribution in [0.2, 0.25) is 0 Å². The minimum Gasteiger partial charge on any atom is -0.368 e. The Balaban J connectivity index is 1.30. The van der Waals surface area contributed by atoms with Crippen LogP contribution in [0.3, 0.4) is 0 Å². The summed E-state index contributed by atoms with van der Waals surface area (Å²) in [5, 5.41) is 18.8. The van der Waals surface area contributed by atoms with Crippen molar-refractivity contribution < 1.29 is 4.79 Å². The molecule has 10 nitrogen and oxygen atoms in total. The van der Waals surface area contributed by atoms with E-state index in [0.717, 1.165) is 17.1 Å². The predicted molar refractivity (Wildman–Crippen MR) is 111 cm³/mol. The molecule has 4 rings (SSSR count). The number of aromatic nitrogens is 7. The lowest BCUT2D eigenvalue weighted by Gasteiger charge is -2.08. The minimum absolute atomic E-state index is 0.257. The summed E-state index contributed by atoms with van der Waals surface area (Å²) in [6.45, 7) is 4.80. The van der Waals surface area contributed by atoms with Crippen LogP contribution in [0.15, 0.2) is 55.0 Å². The standard InChI is InChI=1S/C20H21N9O/c1-14-10-15(2)28(26-14)19-11-18(23-13-24-19)21-8-9-22-20(30)17-12-25-29(27-17)16-6-4-3-5-7-16/h3-7,10-13H,8-9H2,1-2H3,(H,22,30)(H,21,23,24). The second kappa shape index (κ2) is 8.52. The topological polar surface area (TPSA) is 115 Å². The molecule has 4 aromatic rings. The highest BCUT2D eigenvalue weighted by atomic mass is 16.2. The van der Waals surface area contributed by atoms with Gasteiger partial charge in [0.15, 0.2) is 11.5 Å². The Morgan fingerprint density at radius 2 is 1.87 bits per heavy atom. The highest BCUT2D eigenvalue weighted by Gasteiger charge is 2.11. The van der Waals surface area contributed by atoms with Crippen LogP contribution in [0.5, 0.6) is 0 Å². The molecule has 0 aliphatic heterocycles. The molecule has 1 aromatic carbocycles. The number of para-hydroxylation sites is 1. The number of carbonyl (C=O) groups excluding carboxylic acids is 1. The van der Waals surface area contributed by atoms with Gasteiger partial charge in [0.1, 0.15) is 12.1 Å². The molecule has 0 atom stereocenters. The monoisotopic (exact) mass is 403 g/mol. The molecule has 1 amide bonds. The first-order valence-corrected chi connectivity index (χ1v) is 9.46. The molecule has 0 spiro atoms. The van der Waals surface area contributed by atoms with E-state index >= 15 is 0 Å². The van der Waals surface area contributed by atoms with Crippen molar-refractivity contribution in [3.8, 4) is 11.5 Å². The molecule has 3 aromatic heterocycles. The van der Waals surface area contributed by atoms with Crippen LogP contribution in [-0.2, 0) is 0 Å². The maximum absolute atomic E-state index is 12.3. The van der Waals surface area contributed by atoms with Crippen LogP contribution >= 0.6 is 0 Å². The molecule has 0 unspecified atom stereocenters. The predicted octanol–water partition coefficient (Wildman–Crippen LogP) is 1.70. The Bertz CT molecular complexity index is 1150. The van der Waals surface area contributed by atoms with Crippen molar-refractivity contribution in [1.29, 1.82) is 0 Å². The smallest absolute Gasteiger partial charge is 0.273 e. The fraction of sp³-hybridized carbons (Fsp3) is 0.200. The summed E-state index contributed by atoms with van der Waals surface area (Å²) in [6.07, 6.45) is 2.93. The number of amides is 1. The largest absolute Gasteiger partial charge is 0.368 e. The van der Waals surface area contributed by atoms with E-state index in [0.29, 0.717) is 24.7 Å². The van der Waals surface area contributed by atoms with Gasteiger partial charge in [-0.05, 0) is 32.0 Å². The number of rotatable bonds is 7. The second-order valence-electron chi connectivity index (χ2n) is 6.64. The molecule has 30 heavy (non-hydrogen) atoms. The van der Waals surface area contributed by atoms with Crippen LogP contribution in [0.25, 0.3) is 11.5 Å². The van der Waals surface area contributed by atoms with E-state index < -0.39 is 0 Å². The fourth-order valence-corrected chi connectivity index (χ4v) is 2.93. The number of hydrogen-bond acceptors (Lipinski definition) is 7. The van der Waals surface area contributed by atoms with Crippen LogP contribution < -0.4 is 10.6 Å².